The van der Waals surface area contributed by atoms with Crippen LogP contribution < -0.4 is 19.5 Å². The van der Waals surface area contributed by atoms with Crippen molar-refractivity contribution in [3.8, 4) is 17.2 Å². The summed E-state index contributed by atoms with van der Waals surface area (Å²) in [5.74, 6) is 2.38. The standard InChI is InChI=1S/C20H25NO3/c1-4-12-24-19-11-8-17(13-20(19)23-5-2)15-21-14-16-6-9-18(22-3)10-7-16/h4,6-11,13,21H,1,5,12,14-15H2,2-3H3. The van der Waals surface area contributed by atoms with Gasteiger partial charge in [-0.3, -0.25) is 0 Å². The monoisotopic (exact) mass is 327 g/mol. The maximum atomic E-state index is 5.66. The van der Waals surface area contributed by atoms with E-state index in [1.54, 1.807) is 13.2 Å². The first-order chi connectivity index (χ1) is 11.8. The van der Waals surface area contributed by atoms with Gasteiger partial charge in [0.15, 0.2) is 11.5 Å². The molecule has 0 radical (unpaired) electrons. The molecule has 1 N–H and O–H groups in total. The third kappa shape index (κ3) is 5.32. The zero-order valence-corrected chi connectivity index (χ0v) is 14.4. The highest BCUT2D eigenvalue weighted by molar-refractivity contribution is 5.43. The SMILES string of the molecule is C=CCOc1ccc(CNCc2ccc(OC)cc2)cc1OCC. The summed E-state index contributed by atoms with van der Waals surface area (Å²) in [4.78, 5) is 0. The molecule has 0 heterocycles. The van der Waals surface area contributed by atoms with Crippen LogP contribution in [0.1, 0.15) is 18.1 Å². The van der Waals surface area contributed by atoms with Gasteiger partial charge in [0.2, 0.25) is 0 Å². The van der Waals surface area contributed by atoms with Gasteiger partial charge in [-0.1, -0.05) is 30.9 Å². The number of hydrogen-bond acceptors (Lipinski definition) is 4. The number of methoxy groups -OCH3 is 1. The van der Waals surface area contributed by atoms with Crippen LogP contribution in [0.3, 0.4) is 0 Å². The predicted molar refractivity (Wildman–Crippen MR) is 96.8 cm³/mol. The molecule has 0 amide bonds. The quantitative estimate of drug-likeness (QED) is 0.671. The lowest BCUT2D eigenvalue weighted by molar-refractivity contribution is 0.296. The van der Waals surface area contributed by atoms with E-state index in [9.17, 15) is 0 Å². The fourth-order valence-electron chi connectivity index (χ4n) is 2.29. The van der Waals surface area contributed by atoms with Crippen LogP contribution in [0, 0.1) is 0 Å². The molecule has 0 atom stereocenters. The van der Waals surface area contributed by atoms with Crippen molar-refractivity contribution < 1.29 is 14.2 Å². The van der Waals surface area contributed by atoms with E-state index in [0.29, 0.717) is 13.2 Å². The molecule has 0 aliphatic rings. The molecular weight excluding hydrogens is 302 g/mol. The van der Waals surface area contributed by atoms with Gasteiger partial charge in [-0.05, 0) is 42.3 Å². The number of nitrogens with one attached hydrogen (secondary N) is 1. The smallest absolute Gasteiger partial charge is 0.161 e. The summed E-state index contributed by atoms with van der Waals surface area (Å²) in [5.41, 5.74) is 2.37. The molecule has 4 nitrogen and oxygen atoms in total. The van der Waals surface area contributed by atoms with Crippen molar-refractivity contribution in [1.82, 2.24) is 5.32 Å². The second-order valence-corrected chi connectivity index (χ2v) is 5.27. The van der Waals surface area contributed by atoms with Crippen LogP contribution in [0.15, 0.2) is 55.1 Å². The molecule has 4 heteroatoms. The summed E-state index contributed by atoms with van der Waals surface area (Å²) in [6.45, 7) is 8.25. The first kappa shape index (κ1) is 17.9. The molecule has 0 aliphatic carbocycles. The Kier molecular flexibility index (Phi) is 7.18. The lowest BCUT2D eigenvalue weighted by atomic mass is 10.2. The van der Waals surface area contributed by atoms with Crippen LogP contribution in [-0.2, 0) is 13.1 Å². The molecule has 0 saturated carbocycles. The highest BCUT2D eigenvalue weighted by Crippen LogP contribution is 2.28. The van der Waals surface area contributed by atoms with E-state index in [2.05, 4.69) is 24.0 Å². The van der Waals surface area contributed by atoms with Gasteiger partial charge in [0.05, 0.1) is 13.7 Å². The second kappa shape index (κ2) is 9.63. The maximum absolute atomic E-state index is 5.66. The van der Waals surface area contributed by atoms with Crippen molar-refractivity contribution in [1.29, 1.82) is 0 Å². The van der Waals surface area contributed by atoms with Crippen molar-refractivity contribution in [2.75, 3.05) is 20.3 Å². The molecule has 24 heavy (non-hydrogen) atoms. The fourth-order valence-corrected chi connectivity index (χ4v) is 2.29. The third-order valence-corrected chi connectivity index (χ3v) is 3.48. The second-order valence-electron chi connectivity index (χ2n) is 5.27. The number of hydrogen-bond donors (Lipinski definition) is 1. The fraction of sp³-hybridized carbons (Fsp3) is 0.300. The molecule has 0 aliphatic heterocycles. The van der Waals surface area contributed by atoms with E-state index < -0.39 is 0 Å². The van der Waals surface area contributed by atoms with Gasteiger partial charge < -0.3 is 19.5 Å². The molecule has 2 aromatic carbocycles. The van der Waals surface area contributed by atoms with E-state index in [0.717, 1.165) is 35.9 Å². The zero-order chi connectivity index (χ0) is 17.2. The lowest BCUT2D eigenvalue weighted by Crippen LogP contribution is -2.12. The molecule has 2 aromatic rings. The zero-order valence-electron chi connectivity index (χ0n) is 14.4. The van der Waals surface area contributed by atoms with Crippen molar-refractivity contribution in [2.45, 2.75) is 20.0 Å². The van der Waals surface area contributed by atoms with Crippen molar-refractivity contribution in [3.63, 3.8) is 0 Å². The Morgan fingerprint density at radius 2 is 1.67 bits per heavy atom. The van der Waals surface area contributed by atoms with E-state index in [4.69, 9.17) is 14.2 Å². The van der Waals surface area contributed by atoms with Gasteiger partial charge in [0, 0.05) is 13.1 Å². The summed E-state index contributed by atoms with van der Waals surface area (Å²) in [6.07, 6.45) is 1.72. The Labute approximate surface area is 144 Å². The topological polar surface area (TPSA) is 39.7 Å². The first-order valence-electron chi connectivity index (χ1n) is 8.10. The van der Waals surface area contributed by atoms with Crippen molar-refractivity contribution >= 4 is 0 Å². The van der Waals surface area contributed by atoms with E-state index in [1.165, 1.54) is 5.56 Å². The molecule has 0 unspecified atom stereocenters. The third-order valence-electron chi connectivity index (χ3n) is 3.48. The maximum Gasteiger partial charge on any atom is 0.161 e. The Bertz CT molecular complexity index is 638. The lowest BCUT2D eigenvalue weighted by Gasteiger charge is -2.13. The minimum Gasteiger partial charge on any atom is -0.497 e. The van der Waals surface area contributed by atoms with Crippen LogP contribution in [0.2, 0.25) is 0 Å². The predicted octanol–water partition coefficient (Wildman–Crippen LogP) is 3.95. The Balaban J connectivity index is 1.93. The van der Waals surface area contributed by atoms with Gasteiger partial charge >= 0.3 is 0 Å². The van der Waals surface area contributed by atoms with Crippen LogP contribution >= 0.6 is 0 Å². The molecule has 0 saturated heterocycles. The Morgan fingerprint density at radius 3 is 2.33 bits per heavy atom. The van der Waals surface area contributed by atoms with Crippen molar-refractivity contribution in [2.24, 2.45) is 0 Å². The molecule has 2 rings (SSSR count). The van der Waals surface area contributed by atoms with Gasteiger partial charge in [0.25, 0.3) is 0 Å². The number of rotatable bonds is 10. The van der Waals surface area contributed by atoms with Gasteiger partial charge in [-0.25, -0.2) is 0 Å². The average molecular weight is 327 g/mol. The summed E-state index contributed by atoms with van der Waals surface area (Å²) < 4.78 is 16.4. The largest absolute Gasteiger partial charge is 0.497 e. The molecule has 0 bridgehead atoms. The molecule has 0 spiro atoms. The minimum atomic E-state index is 0.467. The summed E-state index contributed by atoms with van der Waals surface area (Å²) in [6, 6.07) is 14.1. The summed E-state index contributed by atoms with van der Waals surface area (Å²) in [5, 5.41) is 3.43. The molecular formula is C20H25NO3. The highest BCUT2D eigenvalue weighted by Gasteiger charge is 2.06. The van der Waals surface area contributed by atoms with Gasteiger partial charge in [0.1, 0.15) is 12.4 Å². The van der Waals surface area contributed by atoms with Crippen LogP contribution in [0.4, 0.5) is 0 Å². The van der Waals surface area contributed by atoms with Crippen LogP contribution in [0.25, 0.3) is 0 Å². The Hall–Kier alpha value is -2.46. The van der Waals surface area contributed by atoms with Gasteiger partial charge in [-0.2, -0.15) is 0 Å². The van der Waals surface area contributed by atoms with Crippen LogP contribution in [0.5, 0.6) is 17.2 Å². The van der Waals surface area contributed by atoms with Crippen LogP contribution in [-0.4, -0.2) is 20.3 Å². The first-order valence-corrected chi connectivity index (χ1v) is 8.10. The Morgan fingerprint density at radius 1 is 0.958 bits per heavy atom. The number of benzene rings is 2. The number of ether oxygens (including phenoxy) is 3. The highest BCUT2D eigenvalue weighted by atomic mass is 16.5. The summed E-state index contributed by atoms with van der Waals surface area (Å²) >= 11 is 0. The van der Waals surface area contributed by atoms with Crippen molar-refractivity contribution in [3.05, 3.63) is 66.2 Å². The average Bonchev–Trinajstić information content (AvgIpc) is 2.62. The van der Waals surface area contributed by atoms with E-state index in [-0.39, 0.29) is 0 Å². The molecule has 0 aromatic heterocycles. The molecule has 0 fully saturated rings. The minimum absolute atomic E-state index is 0.467. The van der Waals surface area contributed by atoms with E-state index >= 15 is 0 Å². The summed E-state index contributed by atoms with van der Waals surface area (Å²) in [7, 11) is 1.67. The van der Waals surface area contributed by atoms with Gasteiger partial charge in [-0.15, -0.1) is 0 Å². The molecule has 128 valence electrons. The normalized spacial score (nSPS) is 10.2. The van der Waals surface area contributed by atoms with E-state index in [1.807, 2.05) is 37.3 Å².